The van der Waals surface area contributed by atoms with E-state index in [2.05, 4.69) is 10.4 Å². The molecule has 2 heterocycles. The van der Waals surface area contributed by atoms with Gasteiger partial charge in [-0.15, -0.1) is 11.3 Å². The highest BCUT2D eigenvalue weighted by atomic mass is 35.5. The van der Waals surface area contributed by atoms with E-state index in [0.29, 0.717) is 28.7 Å². The monoisotopic (exact) mass is 437 g/mol. The van der Waals surface area contributed by atoms with E-state index in [1.807, 2.05) is 66.9 Å². The van der Waals surface area contributed by atoms with Crippen LogP contribution in [0.2, 0.25) is 5.02 Å². The van der Waals surface area contributed by atoms with E-state index in [1.165, 1.54) is 16.9 Å². The van der Waals surface area contributed by atoms with Gasteiger partial charge in [0.05, 0.1) is 23.3 Å². The number of nitrogens with zero attached hydrogens (tertiary/aromatic N) is 2. The lowest BCUT2D eigenvalue weighted by atomic mass is 10.2. The zero-order valence-electron chi connectivity index (χ0n) is 16.3. The molecule has 0 atom stereocenters. The Morgan fingerprint density at radius 2 is 2.00 bits per heavy atom. The number of aryl methyl sites for hydroxylation is 1. The number of rotatable bonds is 7. The van der Waals surface area contributed by atoms with Gasteiger partial charge in [0.2, 0.25) is 0 Å². The Balaban J connectivity index is 1.34. The van der Waals surface area contributed by atoms with Gasteiger partial charge in [-0.1, -0.05) is 47.5 Å². The van der Waals surface area contributed by atoms with Gasteiger partial charge in [0.25, 0.3) is 5.91 Å². The summed E-state index contributed by atoms with van der Waals surface area (Å²) >= 11 is 7.59. The molecule has 0 spiro atoms. The number of nitrogens with one attached hydrogen (secondary N) is 1. The van der Waals surface area contributed by atoms with E-state index < -0.39 is 0 Å². The summed E-state index contributed by atoms with van der Waals surface area (Å²) in [7, 11) is 0. The number of halogens is 1. The number of carbonyl (C=O) groups excluding carboxylic acids is 1. The summed E-state index contributed by atoms with van der Waals surface area (Å²) in [6.07, 6.45) is 3.42. The fourth-order valence-corrected chi connectivity index (χ4v) is 3.87. The summed E-state index contributed by atoms with van der Waals surface area (Å²) in [5, 5.41) is 9.81. The smallest absolute Gasteiger partial charge is 0.265 e. The van der Waals surface area contributed by atoms with Crippen molar-refractivity contribution in [2.24, 2.45) is 0 Å². The molecule has 2 aromatic heterocycles. The lowest BCUT2D eigenvalue weighted by Crippen LogP contribution is -2.09. The van der Waals surface area contributed by atoms with Crippen LogP contribution in [0.3, 0.4) is 0 Å². The molecule has 0 bridgehead atoms. The van der Waals surface area contributed by atoms with Crippen molar-refractivity contribution in [1.29, 1.82) is 0 Å². The topological polar surface area (TPSA) is 56.1 Å². The summed E-state index contributed by atoms with van der Waals surface area (Å²) in [6, 6.07) is 17.4. The molecular formula is C23H20ClN3O2S. The molecule has 0 unspecified atom stereocenters. The first-order valence-corrected chi connectivity index (χ1v) is 10.7. The summed E-state index contributed by atoms with van der Waals surface area (Å²) in [6.45, 7) is 2.99. The van der Waals surface area contributed by atoms with Crippen LogP contribution in [0.4, 0.5) is 5.69 Å². The van der Waals surface area contributed by atoms with Crippen LogP contribution in [0, 0.1) is 6.92 Å². The third kappa shape index (κ3) is 5.09. The SMILES string of the molecule is Cc1ccc(OCc2csc(C(=O)Nc3cnn(Cc4ccccc4Cl)c3)c2)cc1. The zero-order chi connectivity index (χ0) is 20.9. The average molecular weight is 438 g/mol. The Labute approximate surface area is 183 Å². The van der Waals surface area contributed by atoms with Crippen LogP contribution in [-0.4, -0.2) is 15.7 Å². The predicted octanol–water partition coefficient (Wildman–Crippen LogP) is 5.79. The Bertz CT molecular complexity index is 1150. The number of amides is 1. The Morgan fingerprint density at radius 3 is 2.80 bits per heavy atom. The first kappa shape index (κ1) is 20.2. The van der Waals surface area contributed by atoms with E-state index in [1.54, 1.807) is 17.1 Å². The Morgan fingerprint density at radius 1 is 1.20 bits per heavy atom. The highest BCUT2D eigenvalue weighted by Gasteiger charge is 2.11. The van der Waals surface area contributed by atoms with Crippen molar-refractivity contribution in [3.05, 3.63) is 99.0 Å². The van der Waals surface area contributed by atoms with Crippen LogP contribution < -0.4 is 10.1 Å². The van der Waals surface area contributed by atoms with Gasteiger partial charge >= 0.3 is 0 Å². The van der Waals surface area contributed by atoms with Crippen molar-refractivity contribution < 1.29 is 9.53 Å². The van der Waals surface area contributed by atoms with Crippen molar-refractivity contribution in [1.82, 2.24) is 9.78 Å². The Kier molecular flexibility index (Phi) is 6.16. The van der Waals surface area contributed by atoms with E-state index in [0.717, 1.165) is 16.9 Å². The molecule has 30 heavy (non-hydrogen) atoms. The quantitative estimate of drug-likeness (QED) is 0.398. The molecule has 1 amide bonds. The van der Waals surface area contributed by atoms with Crippen LogP contribution in [0.25, 0.3) is 0 Å². The number of ether oxygens (including phenoxy) is 1. The molecule has 1 N–H and O–H groups in total. The molecule has 4 aromatic rings. The molecule has 5 nitrogen and oxygen atoms in total. The van der Waals surface area contributed by atoms with E-state index in [4.69, 9.17) is 16.3 Å². The van der Waals surface area contributed by atoms with Gasteiger partial charge in [-0.2, -0.15) is 5.10 Å². The molecule has 152 valence electrons. The highest BCUT2D eigenvalue weighted by Crippen LogP contribution is 2.20. The molecule has 2 aromatic carbocycles. The Hall–Kier alpha value is -3.09. The van der Waals surface area contributed by atoms with Crippen molar-refractivity contribution >= 4 is 34.5 Å². The third-order valence-electron chi connectivity index (χ3n) is 4.49. The van der Waals surface area contributed by atoms with Crippen molar-refractivity contribution in [3.63, 3.8) is 0 Å². The van der Waals surface area contributed by atoms with Gasteiger partial charge in [0.15, 0.2) is 0 Å². The largest absolute Gasteiger partial charge is 0.489 e. The second-order valence-corrected chi connectivity index (χ2v) is 8.21. The maximum Gasteiger partial charge on any atom is 0.265 e. The van der Waals surface area contributed by atoms with Crippen LogP contribution >= 0.6 is 22.9 Å². The number of benzene rings is 2. The number of anilines is 1. The summed E-state index contributed by atoms with van der Waals surface area (Å²) in [4.78, 5) is 13.2. The van der Waals surface area contributed by atoms with Crippen molar-refractivity contribution in [2.75, 3.05) is 5.32 Å². The molecule has 0 radical (unpaired) electrons. The van der Waals surface area contributed by atoms with Crippen molar-refractivity contribution in [3.8, 4) is 5.75 Å². The minimum Gasteiger partial charge on any atom is -0.489 e. The minimum atomic E-state index is -0.168. The summed E-state index contributed by atoms with van der Waals surface area (Å²) in [5.41, 5.74) is 3.75. The van der Waals surface area contributed by atoms with Gasteiger partial charge in [-0.3, -0.25) is 9.48 Å². The fourth-order valence-electron chi connectivity index (χ4n) is 2.88. The first-order valence-electron chi connectivity index (χ1n) is 9.41. The van der Waals surface area contributed by atoms with E-state index >= 15 is 0 Å². The molecule has 0 saturated carbocycles. The molecule has 0 fully saturated rings. The summed E-state index contributed by atoms with van der Waals surface area (Å²) in [5.74, 6) is 0.641. The molecule has 0 saturated heterocycles. The lowest BCUT2D eigenvalue weighted by Gasteiger charge is -2.04. The number of hydrogen-bond acceptors (Lipinski definition) is 4. The highest BCUT2D eigenvalue weighted by molar-refractivity contribution is 7.12. The van der Waals surface area contributed by atoms with Crippen LogP contribution in [0.1, 0.15) is 26.4 Å². The van der Waals surface area contributed by atoms with Gasteiger partial charge in [0.1, 0.15) is 12.4 Å². The molecule has 0 aliphatic carbocycles. The molecule has 0 aliphatic heterocycles. The molecule has 0 aliphatic rings. The van der Waals surface area contributed by atoms with E-state index in [9.17, 15) is 4.79 Å². The number of thiophene rings is 1. The standard InChI is InChI=1S/C23H20ClN3O2S/c1-16-6-8-20(9-7-16)29-14-17-10-22(30-15-17)23(28)26-19-11-25-27(13-19)12-18-4-2-3-5-21(18)24/h2-11,13,15H,12,14H2,1H3,(H,26,28). The first-order chi connectivity index (χ1) is 14.6. The second kappa shape index (κ2) is 9.15. The maximum absolute atomic E-state index is 12.6. The van der Waals surface area contributed by atoms with Gasteiger partial charge < -0.3 is 10.1 Å². The lowest BCUT2D eigenvalue weighted by molar-refractivity contribution is 0.103. The molecule has 7 heteroatoms. The number of aromatic nitrogens is 2. The van der Waals surface area contributed by atoms with Crippen molar-refractivity contribution in [2.45, 2.75) is 20.1 Å². The van der Waals surface area contributed by atoms with Gasteiger partial charge in [-0.05, 0) is 42.1 Å². The zero-order valence-corrected chi connectivity index (χ0v) is 17.9. The molecular weight excluding hydrogens is 418 g/mol. The normalized spacial score (nSPS) is 10.7. The van der Waals surface area contributed by atoms with Gasteiger partial charge in [-0.25, -0.2) is 0 Å². The van der Waals surface area contributed by atoms with Crippen LogP contribution in [0.5, 0.6) is 5.75 Å². The number of hydrogen-bond donors (Lipinski definition) is 1. The van der Waals surface area contributed by atoms with Gasteiger partial charge in [0, 0.05) is 16.8 Å². The number of carbonyl (C=O) groups is 1. The molecule has 4 rings (SSSR count). The third-order valence-corrected chi connectivity index (χ3v) is 5.83. The minimum absolute atomic E-state index is 0.168. The fraction of sp³-hybridized carbons (Fsp3) is 0.130. The van der Waals surface area contributed by atoms with E-state index in [-0.39, 0.29) is 5.91 Å². The van der Waals surface area contributed by atoms with Crippen LogP contribution in [-0.2, 0) is 13.2 Å². The second-order valence-electron chi connectivity index (χ2n) is 6.89. The summed E-state index contributed by atoms with van der Waals surface area (Å²) < 4.78 is 7.52. The van der Waals surface area contributed by atoms with Crippen LogP contribution in [0.15, 0.2) is 72.4 Å². The predicted molar refractivity (Wildman–Crippen MR) is 121 cm³/mol. The average Bonchev–Trinajstić information content (AvgIpc) is 3.39. The maximum atomic E-state index is 12.6.